The molecule has 0 bridgehead atoms. The molecule has 0 radical (unpaired) electrons. The Kier molecular flexibility index (Phi) is 3.78. The number of amides is 1. The summed E-state index contributed by atoms with van der Waals surface area (Å²) in [5.41, 5.74) is 0.560. The monoisotopic (exact) mass is 321 g/mol. The summed E-state index contributed by atoms with van der Waals surface area (Å²) in [6.45, 7) is 6.57. The molecule has 1 aliphatic rings. The van der Waals surface area contributed by atoms with E-state index >= 15 is 0 Å². The summed E-state index contributed by atoms with van der Waals surface area (Å²) in [6.07, 6.45) is 1.56. The molecule has 7 heteroatoms. The van der Waals surface area contributed by atoms with E-state index in [9.17, 15) is 14.7 Å². The number of hydrogen-bond acceptors (Lipinski definition) is 5. The minimum atomic E-state index is -0.540. The van der Waals surface area contributed by atoms with Gasteiger partial charge in [-0.15, -0.1) is 11.3 Å². The van der Waals surface area contributed by atoms with Crippen LogP contribution in [-0.4, -0.2) is 44.5 Å². The van der Waals surface area contributed by atoms with Crippen molar-refractivity contribution in [2.45, 2.75) is 33.3 Å². The Bertz CT molecular complexity index is 795. The number of β-amino-alcohol motifs (C(OH)–C–C–N with tert-alkyl or cyclic N) is 1. The Hall–Kier alpha value is -1.73. The zero-order chi connectivity index (χ0) is 16.0. The lowest BCUT2D eigenvalue weighted by atomic mass is 9.96. The molecule has 3 rings (SSSR count). The number of piperidine rings is 1. The molecule has 1 aliphatic heterocycles. The van der Waals surface area contributed by atoms with Crippen LogP contribution in [0.15, 0.2) is 11.0 Å². The summed E-state index contributed by atoms with van der Waals surface area (Å²) < 4.78 is 1.50. The van der Waals surface area contributed by atoms with Crippen LogP contribution in [0.25, 0.3) is 4.96 Å². The van der Waals surface area contributed by atoms with E-state index in [4.69, 9.17) is 0 Å². The molecule has 2 unspecified atom stereocenters. The van der Waals surface area contributed by atoms with Gasteiger partial charge in [-0.05, 0) is 26.2 Å². The molecule has 1 N–H and O–H groups in total. The molecule has 2 atom stereocenters. The number of aliphatic hydroxyl groups is 1. The Labute approximate surface area is 132 Å². The number of aryl methyl sites for hydroxylation is 2. The molecule has 0 aliphatic carbocycles. The van der Waals surface area contributed by atoms with Crippen molar-refractivity contribution in [3.8, 4) is 0 Å². The number of hydrogen-bond donors (Lipinski definition) is 1. The van der Waals surface area contributed by atoms with Crippen molar-refractivity contribution < 1.29 is 9.90 Å². The first-order valence-corrected chi connectivity index (χ1v) is 8.17. The zero-order valence-corrected chi connectivity index (χ0v) is 13.7. The zero-order valence-electron chi connectivity index (χ0n) is 12.9. The van der Waals surface area contributed by atoms with Crippen LogP contribution in [0, 0.1) is 19.8 Å². The highest BCUT2D eigenvalue weighted by Gasteiger charge is 2.29. The Morgan fingerprint density at radius 1 is 1.45 bits per heavy atom. The third-order valence-electron chi connectivity index (χ3n) is 4.45. The van der Waals surface area contributed by atoms with Crippen LogP contribution < -0.4 is 5.56 Å². The number of aliphatic hydroxyl groups excluding tert-OH is 1. The minimum absolute atomic E-state index is 0.0696. The van der Waals surface area contributed by atoms with Crippen LogP contribution >= 0.6 is 11.3 Å². The topological polar surface area (TPSA) is 74.9 Å². The van der Waals surface area contributed by atoms with Gasteiger partial charge in [0.15, 0.2) is 4.96 Å². The molecular weight excluding hydrogens is 302 g/mol. The number of rotatable bonds is 1. The van der Waals surface area contributed by atoms with E-state index in [2.05, 4.69) is 4.98 Å². The third-order valence-corrected chi connectivity index (χ3v) is 5.53. The molecule has 0 aromatic carbocycles. The molecule has 2 aromatic heterocycles. The number of nitrogens with zero attached hydrogens (tertiary/aromatic N) is 3. The normalized spacial score (nSPS) is 22.3. The largest absolute Gasteiger partial charge is 0.391 e. The van der Waals surface area contributed by atoms with Gasteiger partial charge in [-0.25, -0.2) is 4.98 Å². The molecular formula is C15H19N3O3S. The van der Waals surface area contributed by atoms with Crippen LogP contribution in [0.3, 0.4) is 0 Å². The highest BCUT2D eigenvalue weighted by Crippen LogP contribution is 2.20. The number of likely N-dealkylation sites (tertiary alicyclic amines) is 1. The predicted octanol–water partition coefficient (Wildman–Crippen LogP) is 1.22. The van der Waals surface area contributed by atoms with Gasteiger partial charge in [0.25, 0.3) is 11.5 Å². The van der Waals surface area contributed by atoms with Crippen molar-refractivity contribution in [3.05, 3.63) is 32.7 Å². The first kappa shape index (κ1) is 15.2. The quantitative estimate of drug-likeness (QED) is 0.857. The summed E-state index contributed by atoms with van der Waals surface area (Å²) in [6, 6.07) is 0. The van der Waals surface area contributed by atoms with Gasteiger partial charge in [0.05, 0.1) is 6.10 Å². The van der Waals surface area contributed by atoms with Gasteiger partial charge >= 0.3 is 0 Å². The Morgan fingerprint density at radius 3 is 2.86 bits per heavy atom. The summed E-state index contributed by atoms with van der Waals surface area (Å²) in [7, 11) is 0. The molecule has 0 spiro atoms. The standard InChI is InChI=1S/C15H19N3O3S/c1-8-4-5-17(7-12(8)19)13(20)11-6-16-15-18(14(11)21)9(2)10(3)22-15/h6,8,12,19H,4-5,7H2,1-3H3. The van der Waals surface area contributed by atoms with E-state index in [0.29, 0.717) is 11.5 Å². The highest BCUT2D eigenvalue weighted by atomic mass is 32.1. The average Bonchev–Trinajstić information content (AvgIpc) is 2.77. The summed E-state index contributed by atoms with van der Waals surface area (Å²) in [5, 5.41) is 9.94. The number of carbonyl (C=O) groups excluding carboxylic acids is 1. The van der Waals surface area contributed by atoms with Crippen molar-refractivity contribution in [1.82, 2.24) is 14.3 Å². The van der Waals surface area contributed by atoms with Gasteiger partial charge in [0.1, 0.15) is 5.56 Å². The van der Waals surface area contributed by atoms with Crippen molar-refractivity contribution in [2.75, 3.05) is 13.1 Å². The molecule has 0 saturated carbocycles. The fourth-order valence-corrected chi connectivity index (χ4v) is 3.66. The SMILES string of the molecule is Cc1sc2ncc(C(=O)N3CCC(C)C(O)C3)c(=O)n2c1C. The minimum Gasteiger partial charge on any atom is -0.391 e. The van der Waals surface area contributed by atoms with E-state index in [1.54, 1.807) is 4.90 Å². The number of fused-ring (bicyclic) bond motifs is 1. The first-order chi connectivity index (χ1) is 10.4. The first-order valence-electron chi connectivity index (χ1n) is 7.35. The van der Waals surface area contributed by atoms with Gasteiger partial charge in [-0.3, -0.25) is 14.0 Å². The molecule has 3 heterocycles. The summed E-state index contributed by atoms with van der Waals surface area (Å²) in [5.74, 6) is -0.173. The second-order valence-corrected chi connectivity index (χ2v) is 7.10. The Balaban J connectivity index is 2.00. The van der Waals surface area contributed by atoms with E-state index in [1.807, 2.05) is 20.8 Å². The van der Waals surface area contributed by atoms with E-state index < -0.39 is 6.10 Å². The molecule has 2 aromatic rings. The smallest absolute Gasteiger partial charge is 0.271 e. The maximum atomic E-state index is 12.6. The second-order valence-electron chi connectivity index (χ2n) is 5.92. The lowest BCUT2D eigenvalue weighted by Crippen LogP contribution is -2.47. The van der Waals surface area contributed by atoms with Crippen LogP contribution in [0.4, 0.5) is 0 Å². The molecule has 1 fully saturated rings. The summed E-state index contributed by atoms with van der Waals surface area (Å²) in [4.78, 5) is 32.6. The van der Waals surface area contributed by atoms with Crippen molar-refractivity contribution >= 4 is 22.2 Å². The van der Waals surface area contributed by atoms with Gasteiger partial charge < -0.3 is 10.0 Å². The molecule has 6 nitrogen and oxygen atoms in total. The number of aromatic nitrogens is 2. The average molecular weight is 321 g/mol. The third kappa shape index (κ3) is 2.34. The van der Waals surface area contributed by atoms with Crippen LogP contribution in [0.5, 0.6) is 0 Å². The fourth-order valence-electron chi connectivity index (χ4n) is 2.73. The number of thiazole rings is 1. The molecule has 1 saturated heterocycles. The van der Waals surface area contributed by atoms with E-state index in [-0.39, 0.29) is 29.5 Å². The second kappa shape index (κ2) is 5.48. The van der Waals surface area contributed by atoms with Crippen molar-refractivity contribution in [2.24, 2.45) is 5.92 Å². The lowest BCUT2D eigenvalue weighted by molar-refractivity contribution is 0.0247. The van der Waals surface area contributed by atoms with Gasteiger partial charge in [0, 0.05) is 29.9 Å². The molecule has 22 heavy (non-hydrogen) atoms. The van der Waals surface area contributed by atoms with Gasteiger partial charge in [0.2, 0.25) is 0 Å². The Morgan fingerprint density at radius 2 is 2.18 bits per heavy atom. The molecule has 118 valence electrons. The van der Waals surface area contributed by atoms with Crippen LogP contribution in [-0.2, 0) is 0 Å². The van der Waals surface area contributed by atoms with Gasteiger partial charge in [-0.1, -0.05) is 6.92 Å². The lowest BCUT2D eigenvalue weighted by Gasteiger charge is -2.34. The maximum absolute atomic E-state index is 12.6. The van der Waals surface area contributed by atoms with Crippen LogP contribution in [0.2, 0.25) is 0 Å². The van der Waals surface area contributed by atoms with Crippen molar-refractivity contribution in [3.63, 3.8) is 0 Å². The maximum Gasteiger partial charge on any atom is 0.271 e. The number of carbonyl (C=O) groups is 1. The van der Waals surface area contributed by atoms with Gasteiger partial charge in [-0.2, -0.15) is 0 Å². The van der Waals surface area contributed by atoms with E-state index in [0.717, 1.165) is 17.0 Å². The summed E-state index contributed by atoms with van der Waals surface area (Å²) >= 11 is 1.44. The highest BCUT2D eigenvalue weighted by molar-refractivity contribution is 7.17. The van der Waals surface area contributed by atoms with Crippen LogP contribution in [0.1, 0.15) is 34.3 Å². The van der Waals surface area contributed by atoms with E-state index in [1.165, 1.54) is 21.9 Å². The van der Waals surface area contributed by atoms with Crippen molar-refractivity contribution in [1.29, 1.82) is 0 Å². The predicted molar refractivity (Wildman–Crippen MR) is 84.5 cm³/mol. The fraction of sp³-hybridized carbons (Fsp3) is 0.533. The molecule has 1 amide bonds.